The Hall–Kier alpha value is -2.00. The van der Waals surface area contributed by atoms with E-state index in [1.165, 1.54) is 0 Å². The van der Waals surface area contributed by atoms with Crippen LogP contribution in [0.1, 0.15) is 15.9 Å². The van der Waals surface area contributed by atoms with E-state index in [9.17, 15) is 4.79 Å². The minimum Gasteiger partial charge on any atom is -0.397 e. The predicted molar refractivity (Wildman–Crippen MR) is 75.0 cm³/mol. The van der Waals surface area contributed by atoms with Gasteiger partial charge >= 0.3 is 0 Å². The molecule has 2 aromatic rings. The fraction of sp³-hybridized carbons (Fsp3) is 0.0714. The van der Waals surface area contributed by atoms with Crippen molar-refractivity contribution in [3.8, 4) is 0 Å². The van der Waals surface area contributed by atoms with Crippen LogP contribution in [0.4, 0.5) is 11.4 Å². The van der Waals surface area contributed by atoms with Crippen molar-refractivity contribution in [2.45, 2.75) is 6.92 Å². The second-order valence-corrected chi connectivity index (χ2v) is 4.49. The lowest BCUT2D eigenvalue weighted by atomic mass is 10.1. The molecule has 0 radical (unpaired) electrons. The van der Waals surface area contributed by atoms with Gasteiger partial charge in [-0.2, -0.15) is 0 Å². The lowest BCUT2D eigenvalue weighted by molar-refractivity contribution is 0.102. The Balaban J connectivity index is 2.24. The number of halogens is 1. The van der Waals surface area contributed by atoms with Gasteiger partial charge in [0.2, 0.25) is 0 Å². The normalized spacial score (nSPS) is 10.1. The number of carbonyl (C=O) groups excluding carboxylic acids is 1. The maximum absolute atomic E-state index is 12.0. The number of anilines is 2. The molecule has 0 heterocycles. The monoisotopic (exact) mass is 260 g/mol. The van der Waals surface area contributed by atoms with E-state index in [-0.39, 0.29) is 5.91 Å². The number of benzene rings is 2. The Labute approximate surface area is 111 Å². The molecule has 3 N–H and O–H groups in total. The minimum atomic E-state index is -0.227. The highest BCUT2D eigenvalue weighted by atomic mass is 35.5. The SMILES string of the molecule is Cc1ccc(N)c(NC(=O)c2cccc(Cl)c2)c1. The molecule has 3 nitrogen and oxygen atoms in total. The molecule has 18 heavy (non-hydrogen) atoms. The molecule has 92 valence electrons. The zero-order valence-corrected chi connectivity index (χ0v) is 10.7. The lowest BCUT2D eigenvalue weighted by Gasteiger charge is -2.09. The van der Waals surface area contributed by atoms with Gasteiger partial charge in [0.05, 0.1) is 11.4 Å². The van der Waals surface area contributed by atoms with E-state index in [4.69, 9.17) is 17.3 Å². The van der Waals surface area contributed by atoms with Gasteiger partial charge in [0.25, 0.3) is 5.91 Å². The van der Waals surface area contributed by atoms with Crippen LogP contribution in [-0.4, -0.2) is 5.91 Å². The molecule has 2 aromatic carbocycles. The van der Waals surface area contributed by atoms with Crippen molar-refractivity contribution in [3.05, 3.63) is 58.6 Å². The van der Waals surface area contributed by atoms with Gasteiger partial charge in [0.15, 0.2) is 0 Å². The summed E-state index contributed by atoms with van der Waals surface area (Å²) in [4.78, 5) is 12.0. The van der Waals surface area contributed by atoms with Crippen molar-refractivity contribution in [2.24, 2.45) is 0 Å². The van der Waals surface area contributed by atoms with Crippen LogP contribution in [-0.2, 0) is 0 Å². The Kier molecular flexibility index (Phi) is 3.53. The van der Waals surface area contributed by atoms with Gasteiger partial charge < -0.3 is 11.1 Å². The van der Waals surface area contributed by atoms with Gasteiger partial charge in [-0.1, -0.05) is 23.7 Å². The lowest BCUT2D eigenvalue weighted by Crippen LogP contribution is -2.13. The fourth-order valence-corrected chi connectivity index (χ4v) is 1.79. The van der Waals surface area contributed by atoms with Crippen LogP contribution < -0.4 is 11.1 Å². The minimum absolute atomic E-state index is 0.227. The zero-order chi connectivity index (χ0) is 13.1. The molecule has 2 rings (SSSR count). The number of nitrogen functional groups attached to an aromatic ring is 1. The third-order valence-electron chi connectivity index (χ3n) is 2.54. The molecule has 0 spiro atoms. The van der Waals surface area contributed by atoms with Gasteiger partial charge in [0, 0.05) is 10.6 Å². The highest BCUT2D eigenvalue weighted by Crippen LogP contribution is 2.21. The van der Waals surface area contributed by atoms with E-state index in [0.29, 0.717) is 22.0 Å². The van der Waals surface area contributed by atoms with Crippen LogP contribution in [0.15, 0.2) is 42.5 Å². The summed E-state index contributed by atoms with van der Waals surface area (Å²) in [6, 6.07) is 12.3. The smallest absolute Gasteiger partial charge is 0.255 e. The van der Waals surface area contributed by atoms with Crippen molar-refractivity contribution < 1.29 is 4.79 Å². The molecule has 0 aliphatic carbocycles. The van der Waals surface area contributed by atoms with E-state index in [0.717, 1.165) is 5.56 Å². The van der Waals surface area contributed by atoms with Crippen molar-refractivity contribution in [2.75, 3.05) is 11.1 Å². The Morgan fingerprint density at radius 3 is 2.72 bits per heavy atom. The number of aryl methyl sites for hydroxylation is 1. The highest BCUT2D eigenvalue weighted by molar-refractivity contribution is 6.31. The fourth-order valence-electron chi connectivity index (χ4n) is 1.60. The van der Waals surface area contributed by atoms with Crippen LogP contribution in [0.5, 0.6) is 0 Å². The number of hydrogen-bond donors (Lipinski definition) is 2. The molecule has 0 aromatic heterocycles. The third-order valence-corrected chi connectivity index (χ3v) is 2.78. The Morgan fingerprint density at radius 2 is 2.00 bits per heavy atom. The average Bonchev–Trinajstić information content (AvgIpc) is 2.34. The van der Waals surface area contributed by atoms with Crippen molar-refractivity contribution in [1.82, 2.24) is 0 Å². The van der Waals surface area contributed by atoms with Gasteiger partial charge in [0.1, 0.15) is 0 Å². The van der Waals surface area contributed by atoms with E-state index in [2.05, 4.69) is 5.32 Å². The largest absolute Gasteiger partial charge is 0.397 e. The number of amides is 1. The molecule has 0 atom stereocenters. The summed E-state index contributed by atoms with van der Waals surface area (Å²) < 4.78 is 0. The topological polar surface area (TPSA) is 55.1 Å². The van der Waals surface area contributed by atoms with Gasteiger partial charge in [-0.3, -0.25) is 4.79 Å². The molecule has 0 saturated heterocycles. The van der Waals surface area contributed by atoms with Crippen LogP contribution >= 0.6 is 11.6 Å². The van der Waals surface area contributed by atoms with Crippen molar-refractivity contribution >= 4 is 28.9 Å². The van der Waals surface area contributed by atoms with Crippen LogP contribution in [0.2, 0.25) is 5.02 Å². The van der Waals surface area contributed by atoms with Gasteiger partial charge in [-0.15, -0.1) is 0 Å². The van der Waals surface area contributed by atoms with Crippen molar-refractivity contribution in [3.63, 3.8) is 0 Å². The molecular formula is C14H13ClN2O. The van der Waals surface area contributed by atoms with E-state index in [1.807, 2.05) is 19.1 Å². The molecule has 0 aliphatic rings. The van der Waals surface area contributed by atoms with E-state index in [1.54, 1.807) is 30.3 Å². The molecule has 0 fully saturated rings. The number of nitrogens with one attached hydrogen (secondary N) is 1. The third kappa shape index (κ3) is 2.81. The first-order chi connectivity index (χ1) is 8.56. The summed E-state index contributed by atoms with van der Waals surface area (Å²) in [5.74, 6) is -0.227. The maximum Gasteiger partial charge on any atom is 0.255 e. The summed E-state index contributed by atoms with van der Waals surface area (Å²) in [7, 11) is 0. The Bertz CT molecular complexity index is 596. The predicted octanol–water partition coefficient (Wildman–Crippen LogP) is 3.48. The molecule has 0 aliphatic heterocycles. The number of nitrogens with two attached hydrogens (primary N) is 1. The summed E-state index contributed by atoms with van der Waals surface area (Å²) >= 11 is 5.84. The molecule has 0 saturated carbocycles. The average molecular weight is 261 g/mol. The first-order valence-corrected chi connectivity index (χ1v) is 5.87. The van der Waals surface area contributed by atoms with E-state index >= 15 is 0 Å². The summed E-state index contributed by atoms with van der Waals surface area (Å²) in [5.41, 5.74) is 8.49. The number of rotatable bonds is 2. The van der Waals surface area contributed by atoms with Gasteiger partial charge in [-0.25, -0.2) is 0 Å². The highest BCUT2D eigenvalue weighted by Gasteiger charge is 2.08. The zero-order valence-electron chi connectivity index (χ0n) is 9.91. The first kappa shape index (κ1) is 12.5. The summed E-state index contributed by atoms with van der Waals surface area (Å²) in [6.45, 7) is 1.94. The molecular weight excluding hydrogens is 248 g/mol. The summed E-state index contributed by atoms with van der Waals surface area (Å²) in [6.07, 6.45) is 0. The molecule has 1 amide bonds. The van der Waals surface area contributed by atoms with Crippen LogP contribution in [0.3, 0.4) is 0 Å². The van der Waals surface area contributed by atoms with Crippen LogP contribution in [0.25, 0.3) is 0 Å². The standard InChI is InChI=1S/C14H13ClN2O/c1-9-5-6-12(16)13(7-9)17-14(18)10-3-2-4-11(15)8-10/h2-8H,16H2,1H3,(H,17,18). The first-order valence-electron chi connectivity index (χ1n) is 5.49. The van der Waals surface area contributed by atoms with Gasteiger partial charge in [-0.05, 0) is 42.8 Å². The Morgan fingerprint density at radius 1 is 1.22 bits per heavy atom. The number of carbonyl (C=O) groups is 1. The second-order valence-electron chi connectivity index (χ2n) is 4.06. The molecule has 0 unspecified atom stereocenters. The number of hydrogen-bond acceptors (Lipinski definition) is 2. The molecule has 0 bridgehead atoms. The van der Waals surface area contributed by atoms with Crippen LogP contribution in [0, 0.1) is 6.92 Å². The van der Waals surface area contributed by atoms with E-state index < -0.39 is 0 Å². The second kappa shape index (κ2) is 5.10. The molecule has 4 heteroatoms. The maximum atomic E-state index is 12.0. The summed E-state index contributed by atoms with van der Waals surface area (Å²) in [5, 5.41) is 3.30. The van der Waals surface area contributed by atoms with Crippen molar-refractivity contribution in [1.29, 1.82) is 0 Å². The quantitative estimate of drug-likeness (QED) is 0.812.